The van der Waals surface area contributed by atoms with Crippen molar-refractivity contribution in [2.75, 3.05) is 54.9 Å². The minimum absolute atomic E-state index is 0.105. The highest BCUT2D eigenvalue weighted by molar-refractivity contribution is 6.33. The molecule has 2 fully saturated rings. The summed E-state index contributed by atoms with van der Waals surface area (Å²) in [7, 11) is 1.59. The second-order valence-corrected chi connectivity index (χ2v) is 10.9. The Balaban J connectivity index is 1.30. The Morgan fingerprint density at radius 2 is 2.05 bits per heavy atom. The highest BCUT2D eigenvalue weighted by atomic mass is 35.5. The van der Waals surface area contributed by atoms with Gasteiger partial charge in [0.2, 0.25) is 11.7 Å². The summed E-state index contributed by atoms with van der Waals surface area (Å²) in [6.07, 6.45) is 3.46. The van der Waals surface area contributed by atoms with Crippen LogP contribution in [0.5, 0.6) is 5.75 Å². The molecular formula is C27H29ClF2N8O2. The van der Waals surface area contributed by atoms with Crippen LogP contribution in [0.15, 0.2) is 29.2 Å². The molecule has 40 heavy (non-hydrogen) atoms. The maximum Gasteiger partial charge on any atom is 0.301 e. The van der Waals surface area contributed by atoms with Gasteiger partial charge in [0.1, 0.15) is 5.02 Å². The summed E-state index contributed by atoms with van der Waals surface area (Å²) >= 11 is 6.45. The summed E-state index contributed by atoms with van der Waals surface area (Å²) in [6, 6.07) is 6.39. The van der Waals surface area contributed by atoms with E-state index in [1.807, 2.05) is 0 Å². The van der Waals surface area contributed by atoms with E-state index in [4.69, 9.17) is 21.6 Å². The van der Waals surface area contributed by atoms with E-state index in [9.17, 15) is 13.6 Å². The molecule has 3 aromatic rings. The molecule has 0 radical (unpaired) electrons. The number of halogens is 3. The van der Waals surface area contributed by atoms with Crippen LogP contribution >= 0.6 is 11.6 Å². The number of pyridine rings is 1. The Morgan fingerprint density at radius 1 is 1.27 bits per heavy atom. The Kier molecular flexibility index (Phi) is 6.88. The Morgan fingerprint density at radius 3 is 2.77 bits per heavy atom. The number of aromatic nitrogens is 3. The van der Waals surface area contributed by atoms with Crippen molar-refractivity contribution in [3.8, 4) is 11.8 Å². The van der Waals surface area contributed by atoms with Gasteiger partial charge >= 0.3 is 5.92 Å². The Bertz CT molecular complexity index is 1550. The summed E-state index contributed by atoms with van der Waals surface area (Å²) in [5.41, 5.74) is 0.995. The van der Waals surface area contributed by atoms with Crippen LogP contribution in [0, 0.1) is 17.2 Å². The van der Waals surface area contributed by atoms with Gasteiger partial charge in [0.15, 0.2) is 12.4 Å². The quantitative estimate of drug-likeness (QED) is 0.454. The van der Waals surface area contributed by atoms with Gasteiger partial charge in [-0.15, -0.1) is 0 Å². The van der Waals surface area contributed by atoms with Crippen LogP contribution in [0.1, 0.15) is 19.3 Å². The van der Waals surface area contributed by atoms with Gasteiger partial charge < -0.3 is 24.8 Å². The van der Waals surface area contributed by atoms with Crippen molar-refractivity contribution in [1.29, 1.82) is 5.26 Å². The number of alkyl halides is 2. The molecule has 1 saturated carbocycles. The summed E-state index contributed by atoms with van der Waals surface area (Å²) in [5, 5.41) is 16.0. The average molecular weight is 571 g/mol. The van der Waals surface area contributed by atoms with Crippen molar-refractivity contribution < 1.29 is 13.5 Å². The molecule has 1 saturated heterocycles. The van der Waals surface area contributed by atoms with Crippen LogP contribution < -0.4 is 25.8 Å². The summed E-state index contributed by atoms with van der Waals surface area (Å²) in [6.45, 7) is 2.96. The zero-order valence-electron chi connectivity index (χ0n) is 22.0. The lowest BCUT2D eigenvalue weighted by Crippen LogP contribution is -2.47. The van der Waals surface area contributed by atoms with E-state index in [0.29, 0.717) is 52.6 Å². The molecule has 6 rings (SSSR count). The lowest BCUT2D eigenvalue weighted by molar-refractivity contribution is -0.0579. The predicted octanol–water partition coefficient (Wildman–Crippen LogP) is 3.98. The number of rotatable bonds is 6. The zero-order chi connectivity index (χ0) is 28.0. The molecule has 210 valence electrons. The van der Waals surface area contributed by atoms with Gasteiger partial charge in [-0.05, 0) is 37.0 Å². The monoisotopic (exact) mass is 570 g/mol. The number of nitrogens with one attached hydrogen (secondary N) is 2. The van der Waals surface area contributed by atoms with Gasteiger partial charge in [0.05, 0.1) is 29.5 Å². The maximum absolute atomic E-state index is 14.9. The van der Waals surface area contributed by atoms with Crippen LogP contribution in [0.3, 0.4) is 0 Å². The number of aryl methyl sites for hydroxylation is 1. The van der Waals surface area contributed by atoms with Crippen LogP contribution in [-0.2, 0) is 7.05 Å². The molecule has 2 aromatic heterocycles. The zero-order valence-corrected chi connectivity index (χ0v) is 22.7. The van der Waals surface area contributed by atoms with Crippen molar-refractivity contribution in [1.82, 2.24) is 19.4 Å². The van der Waals surface area contributed by atoms with Crippen molar-refractivity contribution in [3.63, 3.8) is 0 Å². The van der Waals surface area contributed by atoms with E-state index in [0.717, 1.165) is 32.7 Å². The molecule has 4 heterocycles. The van der Waals surface area contributed by atoms with E-state index in [2.05, 4.69) is 36.5 Å². The van der Waals surface area contributed by atoms with Crippen molar-refractivity contribution in [2.45, 2.75) is 31.2 Å². The molecule has 2 N–H and O–H groups in total. The average Bonchev–Trinajstić information content (AvgIpc) is 3.79. The minimum atomic E-state index is -3.11. The molecule has 1 atom stereocenters. The molecular weight excluding hydrogens is 542 g/mol. The molecule has 2 aliphatic heterocycles. The number of nitriles is 1. The smallest absolute Gasteiger partial charge is 0.301 e. The van der Waals surface area contributed by atoms with Gasteiger partial charge in [-0.1, -0.05) is 11.6 Å². The molecule has 1 aliphatic carbocycles. The Hall–Kier alpha value is -3.69. The van der Waals surface area contributed by atoms with Gasteiger partial charge in [0.25, 0.3) is 5.56 Å². The molecule has 10 nitrogen and oxygen atoms in total. The highest BCUT2D eigenvalue weighted by Gasteiger charge is 2.51. The van der Waals surface area contributed by atoms with Gasteiger partial charge in [-0.2, -0.15) is 10.2 Å². The van der Waals surface area contributed by atoms with E-state index < -0.39 is 24.1 Å². The molecule has 0 amide bonds. The van der Waals surface area contributed by atoms with E-state index in [-0.39, 0.29) is 17.4 Å². The number of hydrogen-bond acceptors (Lipinski definition) is 9. The van der Waals surface area contributed by atoms with Crippen LogP contribution in [-0.4, -0.2) is 70.7 Å². The lowest BCUT2D eigenvalue weighted by atomic mass is 10.0. The third kappa shape index (κ3) is 4.99. The fourth-order valence-electron chi connectivity index (χ4n) is 5.40. The topological polar surface area (TPSA) is 111 Å². The van der Waals surface area contributed by atoms with Gasteiger partial charge in [-0.25, -0.2) is 13.8 Å². The normalized spacial score (nSPS) is 20.7. The predicted molar refractivity (Wildman–Crippen MR) is 149 cm³/mol. The molecule has 0 spiro atoms. The Labute approximate surface area is 234 Å². The lowest BCUT2D eigenvalue weighted by Gasteiger charge is -2.34. The van der Waals surface area contributed by atoms with Crippen molar-refractivity contribution >= 4 is 45.6 Å². The number of anilines is 4. The first kappa shape index (κ1) is 26.5. The van der Waals surface area contributed by atoms with E-state index in [1.165, 1.54) is 4.57 Å². The number of fused-ring (bicyclic) bond motifs is 3. The van der Waals surface area contributed by atoms with Crippen molar-refractivity contribution in [2.24, 2.45) is 13.0 Å². The van der Waals surface area contributed by atoms with Crippen LogP contribution in [0.2, 0.25) is 5.02 Å². The number of ether oxygens (including phenoxy) is 1. The fraction of sp³-hybridized carbons (Fsp3) is 0.481. The number of nitrogens with zero attached hydrogens (tertiary/aromatic N) is 6. The summed E-state index contributed by atoms with van der Waals surface area (Å²) in [4.78, 5) is 26.4. The minimum Gasteiger partial charge on any atom is -0.480 e. The van der Waals surface area contributed by atoms with Crippen LogP contribution in [0.25, 0.3) is 10.9 Å². The fourth-order valence-corrected chi connectivity index (χ4v) is 5.54. The molecule has 3 aliphatic rings. The van der Waals surface area contributed by atoms with E-state index >= 15 is 0 Å². The first-order chi connectivity index (χ1) is 19.2. The number of piperazine rings is 1. The molecule has 13 heteroatoms. The van der Waals surface area contributed by atoms with E-state index in [1.54, 1.807) is 31.4 Å². The summed E-state index contributed by atoms with van der Waals surface area (Å²) < 4.78 is 36.7. The van der Waals surface area contributed by atoms with Gasteiger partial charge in [-0.3, -0.25) is 9.69 Å². The third-order valence-electron chi connectivity index (χ3n) is 7.80. The first-order valence-corrected chi connectivity index (χ1v) is 13.7. The number of benzene rings is 1. The second-order valence-electron chi connectivity index (χ2n) is 10.5. The molecule has 1 aromatic carbocycles. The van der Waals surface area contributed by atoms with Crippen molar-refractivity contribution in [3.05, 3.63) is 39.8 Å². The third-order valence-corrected chi connectivity index (χ3v) is 8.08. The molecule has 0 unspecified atom stereocenters. The van der Waals surface area contributed by atoms with Gasteiger partial charge in [0, 0.05) is 57.3 Å². The molecule has 0 bridgehead atoms. The maximum atomic E-state index is 14.9. The highest BCUT2D eigenvalue weighted by Crippen LogP contribution is 2.45. The largest absolute Gasteiger partial charge is 0.480 e. The van der Waals surface area contributed by atoms with Crippen LogP contribution in [0.4, 0.5) is 31.9 Å². The first-order valence-electron chi connectivity index (χ1n) is 13.3. The SMILES string of the molecule is Cn1c(=O)c2c(c3cc(Nc4nc(N5CCN(CCC#N)CC5)ncc4Cl)ccc31)N[C@@H](C1CC1)C(F)(F)CO2. The summed E-state index contributed by atoms with van der Waals surface area (Å²) in [5.74, 6) is -2.45. The second kappa shape index (κ2) is 10.4. The number of hydrogen-bond donors (Lipinski definition) is 2. The standard InChI is InChI=1S/C27H29ClF2N8O2/c1-36-20-6-5-17(13-18(20)21-22(25(36)39)40-15-27(29,30)23(34-21)16-3-4-16)33-24-19(28)14-32-26(35-24)38-11-9-37(10-12-38)8-2-7-31/h5-6,13-14,16,23,34H,2-4,8-12,15H2,1H3,(H,32,33,35)/t23-/m0/s1.